The largest absolute Gasteiger partial charge is 0.334 e. The monoisotopic (exact) mass is 258 g/mol. The van der Waals surface area contributed by atoms with Gasteiger partial charge in [-0.1, -0.05) is 30.3 Å². The van der Waals surface area contributed by atoms with Gasteiger partial charge in [-0.25, -0.2) is 0 Å². The van der Waals surface area contributed by atoms with Crippen LogP contribution in [0.15, 0.2) is 34.9 Å². The summed E-state index contributed by atoms with van der Waals surface area (Å²) in [6.45, 7) is 4.78. The summed E-state index contributed by atoms with van der Waals surface area (Å²) in [5, 5.41) is 4.04. The number of hydrogen-bond acceptors (Lipinski definition) is 5. The zero-order chi connectivity index (χ0) is 13.2. The molecule has 2 atom stereocenters. The number of rotatable bonds is 3. The third kappa shape index (κ3) is 2.67. The molecule has 19 heavy (non-hydrogen) atoms. The molecule has 0 amide bonds. The smallest absolute Gasteiger partial charge is 0.257 e. The summed E-state index contributed by atoms with van der Waals surface area (Å²) in [6, 6.07) is 10.1. The highest BCUT2D eigenvalue weighted by molar-refractivity contribution is 5.51. The average Bonchev–Trinajstić information content (AvgIpc) is 2.99. The molecule has 2 heterocycles. The lowest BCUT2D eigenvalue weighted by atomic mass is 10.1. The van der Waals surface area contributed by atoms with E-state index in [1.54, 1.807) is 0 Å². The summed E-state index contributed by atoms with van der Waals surface area (Å²) >= 11 is 0. The lowest BCUT2D eigenvalue weighted by Crippen LogP contribution is -2.28. The van der Waals surface area contributed by atoms with Gasteiger partial charge in [-0.2, -0.15) is 4.98 Å². The normalized spacial score (nSPS) is 23.9. The number of nitrogens with zero attached hydrogens (tertiary/aromatic N) is 3. The van der Waals surface area contributed by atoms with Crippen LogP contribution in [0.5, 0.6) is 0 Å². The minimum absolute atomic E-state index is 0.250. The topological polar surface area (TPSA) is 68.2 Å². The Morgan fingerprint density at radius 2 is 2.11 bits per heavy atom. The highest BCUT2D eigenvalue weighted by Gasteiger charge is 2.27. The molecule has 1 aliphatic heterocycles. The highest BCUT2D eigenvalue weighted by atomic mass is 16.5. The van der Waals surface area contributed by atoms with Gasteiger partial charge in [0, 0.05) is 24.7 Å². The van der Waals surface area contributed by atoms with Crippen molar-refractivity contribution in [1.82, 2.24) is 15.0 Å². The molecule has 1 aliphatic rings. The van der Waals surface area contributed by atoms with Gasteiger partial charge in [0.25, 0.3) is 5.89 Å². The highest BCUT2D eigenvalue weighted by Crippen LogP contribution is 2.19. The SMILES string of the molecule is CC1CN(Cc2noc(-c3ccccc3)n2)CC1N. The summed E-state index contributed by atoms with van der Waals surface area (Å²) in [5.74, 6) is 1.83. The Kier molecular flexibility index (Phi) is 3.31. The van der Waals surface area contributed by atoms with Crippen molar-refractivity contribution in [1.29, 1.82) is 0 Å². The Morgan fingerprint density at radius 3 is 2.79 bits per heavy atom. The molecule has 0 spiro atoms. The molecule has 2 aromatic rings. The summed E-state index contributed by atoms with van der Waals surface area (Å²) in [6.07, 6.45) is 0. The van der Waals surface area contributed by atoms with Crippen LogP contribution in [0.2, 0.25) is 0 Å². The van der Waals surface area contributed by atoms with Crippen LogP contribution in [0.3, 0.4) is 0 Å². The molecule has 0 bridgehead atoms. The van der Waals surface area contributed by atoms with Gasteiger partial charge in [0.2, 0.25) is 0 Å². The molecular formula is C14H18N4O. The minimum Gasteiger partial charge on any atom is -0.334 e. The Bertz CT molecular complexity index is 529. The van der Waals surface area contributed by atoms with Crippen LogP contribution in [0.4, 0.5) is 0 Å². The fourth-order valence-electron chi connectivity index (χ4n) is 2.44. The molecule has 1 aromatic carbocycles. The fourth-order valence-corrected chi connectivity index (χ4v) is 2.44. The van der Waals surface area contributed by atoms with Gasteiger partial charge in [-0.15, -0.1) is 0 Å². The lowest BCUT2D eigenvalue weighted by molar-refractivity contribution is 0.302. The summed E-state index contributed by atoms with van der Waals surface area (Å²) in [7, 11) is 0. The molecule has 1 fully saturated rings. The molecule has 1 saturated heterocycles. The van der Waals surface area contributed by atoms with Crippen molar-refractivity contribution in [2.75, 3.05) is 13.1 Å². The maximum Gasteiger partial charge on any atom is 0.257 e. The zero-order valence-electron chi connectivity index (χ0n) is 11.0. The van der Waals surface area contributed by atoms with Crippen molar-refractivity contribution in [2.45, 2.75) is 19.5 Å². The van der Waals surface area contributed by atoms with E-state index < -0.39 is 0 Å². The van der Waals surface area contributed by atoms with Gasteiger partial charge >= 0.3 is 0 Å². The Balaban J connectivity index is 1.69. The standard InChI is InChI=1S/C14H18N4O/c1-10-7-18(8-12(10)15)9-13-16-14(19-17-13)11-5-3-2-4-6-11/h2-6,10,12H,7-9,15H2,1H3. The van der Waals surface area contributed by atoms with Crippen LogP contribution >= 0.6 is 0 Å². The van der Waals surface area contributed by atoms with Crippen molar-refractivity contribution in [2.24, 2.45) is 11.7 Å². The molecule has 0 aliphatic carbocycles. The second-order valence-electron chi connectivity index (χ2n) is 5.22. The van der Waals surface area contributed by atoms with E-state index in [0.717, 1.165) is 24.5 Å². The van der Waals surface area contributed by atoms with Gasteiger partial charge in [0.1, 0.15) is 0 Å². The van der Waals surface area contributed by atoms with E-state index in [-0.39, 0.29) is 6.04 Å². The molecular weight excluding hydrogens is 240 g/mol. The van der Waals surface area contributed by atoms with Crippen LogP contribution in [0.25, 0.3) is 11.5 Å². The van der Waals surface area contributed by atoms with Crippen molar-refractivity contribution < 1.29 is 4.52 Å². The van der Waals surface area contributed by atoms with Crippen LogP contribution in [0.1, 0.15) is 12.7 Å². The maximum atomic E-state index is 6.01. The van der Waals surface area contributed by atoms with E-state index >= 15 is 0 Å². The number of benzene rings is 1. The molecule has 1 aromatic heterocycles. The van der Waals surface area contributed by atoms with Crippen molar-refractivity contribution in [3.63, 3.8) is 0 Å². The van der Waals surface area contributed by atoms with Crippen molar-refractivity contribution in [3.05, 3.63) is 36.2 Å². The van der Waals surface area contributed by atoms with E-state index in [2.05, 4.69) is 22.0 Å². The van der Waals surface area contributed by atoms with Gasteiger partial charge < -0.3 is 10.3 Å². The Hall–Kier alpha value is -1.72. The second-order valence-corrected chi connectivity index (χ2v) is 5.22. The molecule has 100 valence electrons. The zero-order valence-corrected chi connectivity index (χ0v) is 11.0. The van der Waals surface area contributed by atoms with Crippen LogP contribution in [-0.2, 0) is 6.54 Å². The van der Waals surface area contributed by atoms with E-state index in [9.17, 15) is 0 Å². The van der Waals surface area contributed by atoms with Gasteiger partial charge in [-0.05, 0) is 18.1 Å². The number of likely N-dealkylation sites (tertiary alicyclic amines) is 1. The van der Waals surface area contributed by atoms with Crippen molar-refractivity contribution in [3.8, 4) is 11.5 Å². The van der Waals surface area contributed by atoms with E-state index in [1.165, 1.54) is 0 Å². The summed E-state index contributed by atoms with van der Waals surface area (Å²) in [4.78, 5) is 6.71. The molecule has 0 radical (unpaired) electrons. The first-order valence-corrected chi connectivity index (χ1v) is 6.58. The average molecular weight is 258 g/mol. The predicted molar refractivity (Wildman–Crippen MR) is 72.2 cm³/mol. The quantitative estimate of drug-likeness (QED) is 0.904. The molecule has 0 saturated carbocycles. The van der Waals surface area contributed by atoms with Crippen molar-refractivity contribution >= 4 is 0 Å². The summed E-state index contributed by atoms with van der Waals surface area (Å²) in [5.41, 5.74) is 6.96. The number of nitrogens with two attached hydrogens (primary N) is 1. The van der Waals surface area contributed by atoms with Crippen LogP contribution in [-0.4, -0.2) is 34.2 Å². The number of hydrogen-bond donors (Lipinski definition) is 1. The predicted octanol–water partition coefficient (Wildman–Crippen LogP) is 1.52. The fraction of sp³-hybridized carbons (Fsp3) is 0.429. The molecule has 2 N–H and O–H groups in total. The molecule has 3 rings (SSSR count). The Morgan fingerprint density at radius 1 is 1.32 bits per heavy atom. The van der Waals surface area contributed by atoms with Gasteiger partial charge in [0.05, 0.1) is 6.54 Å². The van der Waals surface area contributed by atoms with Crippen LogP contribution < -0.4 is 5.73 Å². The summed E-state index contributed by atoms with van der Waals surface area (Å²) < 4.78 is 5.30. The second kappa shape index (κ2) is 5.11. The molecule has 2 unspecified atom stereocenters. The minimum atomic E-state index is 0.250. The van der Waals surface area contributed by atoms with E-state index in [0.29, 0.717) is 18.4 Å². The lowest BCUT2D eigenvalue weighted by Gasteiger charge is -2.11. The van der Waals surface area contributed by atoms with Gasteiger partial charge in [-0.3, -0.25) is 4.90 Å². The maximum absolute atomic E-state index is 6.01. The first-order chi connectivity index (χ1) is 9.22. The number of aromatic nitrogens is 2. The van der Waals surface area contributed by atoms with Gasteiger partial charge in [0.15, 0.2) is 5.82 Å². The third-order valence-electron chi connectivity index (χ3n) is 3.60. The Labute approximate surface area is 112 Å². The first kappa shape index (κ1) is 12.3. The third-order valence-corrected chi connectivity index (χ3v) is 3.60. The molecule has 5 heteroatoms. The van der Waals surface area contributed by atoms with Crippen LogP contribution in [0, 0.1) is 5.92 Å². The first-order valence-electron chi connectivity index (χ1n) is 6.58. The molecule has 5 nitrogen and oxygen atoms in total. The van der Waals surface area contributed by atoms with E-state index in [1.807, 2.05) is 30.3 Å². The van der Waals surface area contributed by atoms with E-state index in [4.69, 9.17) is 10.3 Å².